The largest absolute Gasteiger partial charge is 0.406 e. The number of nitrogens with zero attached hydrogens (tertiary/aromatic N) is 4. The Morgan fingerprint density at radius 2 is 2.29 bits per heavy atom. The summed E-state index contributed by atoms with van der Waals surface area (Å²) in [5.41, 5.74) is 5.90. The maximum Gasteiger partial charge on any atom is 0.406 e. The van der Waals surface area contributed by atoms with E-state index in [1.165, 1.54) is 0 Å². The van der Waals surface area contributed by atoms with Crippen LogP contribution in [-0.4, -0.2) is 33.6 Å². The first kappa shape index (κ1) is 11.8. The van der Waals surface area contributed by atoms with E-state index >= 15 is 0 Å². The molecule has 1 aromatic heterocycles. The standard InChI is InChI=1S/C10H17N5O2/c1-7-12-9(15(16)17)10(13(7)2)14-5-3-4-8(11)6-14/h8H,3-6,11H2,1-2H3/t8-/m1/s1. The summed E-state index contributed by atoms with van der Waals surface area (Å²) in [6.45, 7) is 3.22. The van der Waals surface area contributed by atoms with E-state index in [0.29, 0.717) is 18.2 Å². The van der Waals surface area contributed by atoms with Crippen LogP contribution in [0.15, 0.2) is 0 Å². The van der Waals surface area contributed by atoms with Gasteiger partial charge < -0.3 is 20.7 Å². The van der Waals surface area contributed by atoms with Gasteiger partial charge in [0.1, 0.15) is 0 Å². The van der Waals surface area contributed by atoms with Gasteiger partial charge in [0.2, 0.25) is 11.6 Å². The van der Waals surface area contributed by atoms with Crippen molar-refractivity contribution < 1.29 is 4.92 Å². The van der Waals surface area contributed by atoms with Crippen molar-refractivity contribution in [2.24, 2.45) is 12.8 Å². The fourth-order valence-electron chi connectivity index (χ4n) is 2.26. The van der Waals surface area contributed by atoms with Gasteiger partial charge in [-0.1, -0.05) is 0 Å². The number of hydrogen-bond donors (Lipinski definition) is 1. The number of piperidine rings is 1. The molecule has 0 bridgehead atoms. The molecule has 0 spiro atoms. The quantitative estimate of drug-likeness (QED) is 0.601. The zero-order chi connectivity index (χ0) is 12.6. The first-order valence-electron chi connectivity index (χ1n) is 5.69. The first-order valence-corrected chi connectivity index (χ1v) is 5.69. The van der Waals surface area contributed by atoms with Crippen LogP contribution in [0.25, 0.3) is 0 Å². The van der Waals surface area contributed by atoms with Gasteiger partial charge >= 0.3 is 5.82 Å². The molecule has 17 heavy (non-hydrogen) atoms. The number of anilines is 1. The number of aromatic nitrogens is 2. The van der Waals surface area contributed by atoms with Gasteiger partial charge in [-0.05, 0) is 22.7 Å². The Morgan fingerprint density at radius 3 is 2.88 bits per heavy atom. The highest BCUT2D eigenvalue weighted by atomic mass is 16.6. The predicted octanol–water partition coefficient (Wildman–Crippen LogP) is 0.564. The molecule has 1 fully saturated rings. The number of hydrogen-bond acceptors (Lipinski definition) is 5. The van der Waals surface area contributed by atoms with Crippen LogP contribution in [0.2, 0.25) is 0 Å². The molecule has 1 aliphatic rings. The third-order valence-electron chi connectivity index (χ3n) is 3.20. The lowest BCUT2D eigenvalue weighted by Crippen LogP contribution is -2.43. The SMILES string of the molecule is Cc1nc([N+](=O)[O-])c(N2CCC[C@@H](N)C2)n1C. The van der Waals surface area contributed by atoms with Crippen LogP contribution in [0, 0.1) is 17.0 Å². The fraction of sp³-hybridized carbons (Fsp3) is 0.700. The van der Waals surface area contributed by atoms with Crippen molar-refractivity contribution in [1.29, 1.82) is 0 Å². The number of nitro groups is 1. The minimum absolute atomic E-state index is 0.0703. The molecular weight excluding hydrogens is 222 g/mol. The summed E-state index contributed by atoms with van der Waals surface area (Å²) in [7, 11) is 1.80. The molecular formula is C10H17N5O2. The van der Waals surface area contributed by atoms with Crippen LogP contribution in [0.3, 0.4) is 0 Å². The lowest BCUT2D eigenvalue weighted by molar-refractivity contribution is -0.388. The second-order valence-electron chi connectivity index (χ2n) is 4.47. The van der Waals surface area contributed by atoms with Crippen LogP contribution in [0.1, 0.15) is 18.7 Å². The highest BCUT2D eigenvalue weighted by Crippen LogP contribution is 2.29. The van der Waals surface area contributed by atoms with E-state index in [1.54, 1.807) is 18.5 Å². The van der Waals surface area contributed by atoms with Gasteiger partial charge in [0.05, 0.1) is 0 Å². The highest BCUT2D eigenvalue weighted by Gasteiger charge is 2.30. The third kappa shape index (κ3) is 2.10. The molecule has 1 saturated heterocycles. The van der Waals surface area contributed by atoms with E-state index in [2.05, 4.69) is 4.98 Å². The van der Waals surface area contributed by atoms with Crippen LogP contribution in [0.5, 0.6) is 0 Å². The Balaban J connectivity index is 2.39. The van der Waals surface area contributed by atoms with E-state index < -0.39 is 4.92 Å². The van der Waals surface area contributed by atoms with Gasteiger partial charge in [-0.15, -0.1) is 0 Å². The molecule has 94 valence electrons. The lowest BCUT2D eigenvalue weighted by atomic mass is 10.1. The third-order valence-corrected chi connectivity index (χ3v) is 3.20. The molecule has 0 saturated carbocycles. The number of rotatable bonds is 2. The van der Waals surface area contributed by atoms with Crippen LogP contribution in [0.4, 0.5) is 11.6 Å². The molecule has 0 aromatic carbocycles. The normalized spacial score (nSPS) is 20.6. The highest BCUT2D eigenvalue weighted by molar-refractivity contribution is 5.56. The summed E-state index contributed by atoms with van der Waals surface area (Å²) in [5.74, 6) is 1.15. The predicted molar refractivity (Wildman–Crippen MR) is 64.0 cm³/mol. The smallest absolute Gasteiger partial charge is 0.358 e. The summed E-state index contributed by atoms with van der Waals surface area (Å²) < 4.78 is 1.76. The van der Waals surface area contributed by atoms with E-state index in [0.717, 1.165) is 19.4 Å². The second kappa shape index (κ2) is 4.33. The maximum absolute atomic E-state index is 11.0. The molecule has 0 amide bonds. The van der Waals surface area contributed by atoms with Crippen molar-refractivity contribution in [3.05, 3.63) is 15.9 Å². The molecule has 1 aliphatic heterocycles. The fourth-order valence-corrected chi connectivity index (χ4v) is 2.26. The van der Waals surface area contributed by atoms with E-state index in [-0.39, 0.29) is 11.9 Å². The first-order chi connectivity index (χ1) is 8.00. The van der Waals surface area contributed by atoms with Gasteiger partial charge in [0.25, 0.3) is 0 Å². The Labute approximate surface area is 99.4 Å². The molecule has 0 aliphatic carbocycles. The summed E-state index contributed by atoms with van der Waals surface area (Å²) >= 11 is 0. The average Bonchev–Trinajstić information content (AvgIpc) is 2.56. The summed E-state index contributed by atoms with van der Waals surface area (Å²) in [5, 5.41) is 11.0. The summed E-state index contributed by atoms with van der Waals surface area (Å²) in [6, 6.07) is 0.0820. The van der Waals surface area contributed by atoms with E-state index in [9.17, 15) is 10.1 Å². The number of nitrogens with two attached hydrogens (primary N) is 1. The summed E-state index contributed by atoms with van der Waals surface area (Å²) in [6.07, 6.45) is 1.93. The molecule has 2 rings (SSSR count). The van der Waals surface area contributed by atoms with Gasteiger partial charge in [0, 0.05) is 33.1 Å². The number of imidazole rings is 1. The lowest BCUT2D eigenvalue weighted by Gasteiger charge is -2.31. The van der Waals surface area contributed by atoms with Crippen molar-refractivity contribution in [3.63, 3.8) is 0 Å². The zero-order valence-electron chi connectivity index (χ0n) is 10.1. The van der Waals surface area contributed by atoms with Crippen molar-refractivity contribution in [2.45, 2.75) is 25.8 Å². The van der Waals surface area contributed by atoms with E-state index in [1.807, 2.05) is 4.90 Å². The van der Waals surface area contributed by atoms with Crippen LogP contribution in [-0.2, 0) is 7.05 Å². The Kier molecular flexibility index (Phi) is 3.01. The molecule has 1 aromatic rings. The van der Waals surface area contributed by atoms with Crippen molar-refractivity contribution in [3.8, 4) is 0 Å². The molecule has 1 atom stereocenters. The minimum Gasteiger partial charge on any atom is -0.358 e. The van der Waals surface area contributed by atoms with Gasteiger partial charge in [-0.25, -0.2) is 0 Å². The maximum atomic E-state index is 11.0. The van der Waals surface area contributed by atoms with Crippen LogP contribution < -0.4 is 10.6 Å². The molecule has 0 radical (unpaired) electrons. The zero-order valence-corrected chi connectivity index (χ0v) is 10.1. The second-order valence-corrected chi connectivity index (χ2v) is 4.47. The Hall–Kier alpha value is -1.63. The summed E-state index contributed by atoms with van der Waals surface area (Å²) in [4.78, 5) is 16.5. The van der Waals surface area contributed by atoms with Gasteiger partial charge in [0.15, 0.2) is 0 Å². The monoisotopic (exact) mass is 239 g/mol. The van der Waals surface area contributed by atoms with Gasteiger partial charge in [-0.2, -0.15) is 0 Å². The van der Waals surface area contributed by atoms with E-state index in [4.69, 9.17) is 5.73 Å². The Bertz CT molecular complexity index is 442. The van der Waals surface area contributed by atoms with Gasteiger partial charge in [-0.3, -0.25) is 4.57 Å². The average molecular weight is 239 g/mol. The molecule has 7 heteroatoms. The molecule has 2 heterocycles. The molecule has 0 unspecified atom stereocenters. The molecule has 7 nitrogen and oxygen atoms in total. The number of aryl methyl sites for hydroxylation is 1. The Morgan fingerprint density at radius 1 is 1.59 bits per heavy atom. The topological polar surface area (TPSA) is 90.2 Å². The van der Waals surface area contributed by atoms with Crippen LogP contribution >= 0.6 is 0 Å². The molecule has 2 N–H and O–H groups in total. The van der Waals surface area contributed by atoms with Crippen molar-refractivity contribution in [1.82, 2.24) is 9.55 Å². The van der Waals surface area contributed by atoms with Crippen molar-refractivity contribution in [2.75, 3.05) is 18.0 Å². The minimum atomic E-state index is -0.428. The van der Waals surface area contributed by atoms with Crippen molar-refractivity contribution >= 4 is 11.6 Å².